The van der Waals surface area contributed by atoms with Gasteiger partial charge in [0.25, 0.3) is 0 Å². The summed E-state index contributed by atoms with van der Waals surface area (Å²) in [6.07, 6.45) is -2.98. The highest BCUT2D eigenvalue weighted by atomic mass is 19.4. The van der Waals surface area contributed by atoms with E-state index in [0.717, 1.165) is 12.8 Å². The molecule has 0 aromatic heterocycles. The predicted octanol–water partition coefficient (Wildman–Crippen LogP) is 2.88. The second kappa shape index (κ2) is 5.66. The summed E-state index contributed by atoms with van der Waals surface area (Å²) in [5.74, 6) is 0.0959. The quantitative estimate of drug-likeness (QED) is 0.747. The van der Waals surface area contributed by atoms with Gasteiger partial charge in [-0.1, -0.05) is 0 Å². The van der Waals surface area contributed by atoms with Crippen LogP contribution < -0.4 is 0 Å². The van der Waals surface area contributed by atoms with E-state index in [0.29, 0.717) is 13.1 Å². The van der Waals surface area contributed by atoms with Crippen molar-refractivity contribution in [2.45, 2.75) is 51.4 Å². The van der Waals surface area contributed by atoms with Gasteiger partial charge in [0, 0.05) is 25.7 Å². The summed E-state index contributed by atoms with van der Waals surface area (Å²) >= 11 is 0. The molecule has 4 nitrogen and oxygen atoms in total. The van der Waals surface area contributed by atoms with Crippen molar-refractivity contribution in [3.63, 3.8) is 0 Å². The number of rotatable bonds is 1. The molecular formula is C14H23F3N2O2. The van der Waals surface area contributed by atoms with Crippen molar-refractivity contribution in [3.8, 4) is 0 Å². The Morgan fingerprint density at radius 3 is 2.38 bits per heavy atom. The van der Waals surface area contributed by atoms with E-state index < -0.39 is 24.4 Å². The van der Waals surface area contributed by atoms with Crippen LogP contribution in [0.25, 0.3) is 0 Å². The molecule has 3 rings (SSSR count). The van der Waals surface area contributed by atoms with Crippen LogP contribution >= 0.6 is 0 Å². The average Bonchev–Trinajstić information content (AvgIpc) is 2.53. The number of hydrogen-bond donors (Lipinski definition) is 0. The summed E-state index contributed by atoms with van der Waals surface area (Å²) in [5.41, 5.74) is -0.589. The fourth-order valence-electron chi connectivity index (χ4n) is 3.11. The van der Waals surface area contributed by atoms with Gasteiger partial charge >= 0.3 is 12.3 Å². The molecule has 7 heteroatoms. The topological polar surface area (TPSA) is 32.8 Å². The highest BCUT2D eigenvalue weighted by molar-refractivity contribution is 5.68. The number of fused-ring (bicyclic) bond motifs is 4. The monoisotopic (exact) mass is 308 g/mol. The van der Waals surface area contributed by atoms with E-state index in [1.807, 2.05) is 0 Å². The van der Waals surface area contributed by atoms with Gasteiger partial charge in [0.1, 0.15) is 5.60 Å². The third kappa shape index (κ3) is 4.76. The first-order valence-corrected chi connectivity index (χ1v) is 7.32. The summed E-state index contributed by atoms with van der Waals surface area (Å²) in [4.78, 5) is 15.3. The van der Waals surface area contributed by atoms with E-state index in [9.17, 15) is 18.0 Å². The lowest BCUT2D eigenvalue weighted by Gasteiger charge is -2.37. The van der Waals surface area contributed by atoms with Crippen LogP contribution in [0.4, 0.5) is 18.0 Å². The number of alkyl halides is 3. The number of nitrogens with zero attached hydrogens (tertiary/aromatic N) is 2. The molecule has 0 radical (unpaired) electrons. The van der Waals surface area contributed by atoms with E-state index in [4.69, 9.17) is 4.74 Å². The maximum absolute atomic E-state index is 12.6. The Balaban J connectivity index is 2.03. The van der Waals surface area contributed by atoms with Crippen LogP contribution in [0.15, 0.2) is 0 Å². The molecule has 0 aromatic rings. The minimum absolute atomic E-state index is 0.0959. The van der Waals surface area contributed by atoms with Crippen molar-refractivity contribution in [2.75, 3.05) is 26.2 Å². The molecule has 3 fully saturated rings. The molecule has 0 aromatic carbocycles. The average molecular weight is 308 g/mol. The number of piperidine rings is 1. The van der Waals surface area contributed by atoms with Gasteiger partial charge in [-0.2, -0.15) is 13.2 Å². The smallest absolute Gasteiger partial charge is 0.410 e. The molecule has 2 bridgehead atoms. The van der Waals surface area contributed by atoms with E-state index in [-0.39, 0.29) is 18.5 Å². The number of hydrogen-bond acceptors (Lipinski definition) is 3. The van der Waals surface area contributed by atoms with Gasteiger partial charge in [-0.25, -0.2) is 4.79 Å². The minimum atomic E-state index is -4.19. The first kappa shape index (κ1) is 16.4. The van der Waals surface area contributed by atoms with Crippen molar-refractivity contribution in [1.29, 1.82) is 0 Å². The lowest BCUT2D eigenvalue weighted by Crippen LogP contribution is -2.49. The van der Waals surface area contributed by atoms with Gasteiger partial charge in [0.15, 0.2) is 0 Å². The summed E-state index contributed by atoms with van der Waals surface area (Å²) in [6, 6.07) is -0.180. The third-order valence-corrected chi connectivity index (χ3v) is 3.82. The minimum Gasteiger partial charge on any atom is -0.444 e. The van der Waals surface area contributed by atoms with Gasteiger partial charge in [0.05, 0.1) is 6.54 Å². The summed E-state index contributed by atoms with van der Waals surface area (Å²) in [7, 11) is 0. The highest BCUT2D eigenvalue weighted by Crippen LogP contribution is 2.30. The SMILES string of the molecule is CC(C)(C)OC(=O)N1CC2CC[C@@H]1CN(CC(F)(F)F)C2. The molecule has 0 spiro atoms. The Labute approximate surface area is 123 Å². The summed E-state index contributed by atoms with van der Waals surface area (Å²) < 4.78 is 43.1. The Morgan fingerprint density at radius 1 is 1.14 bits per heavy atom. The van der Waals surface area contributed by atoms with Crippen LogP contribution in [0.5, 0.6) is 0 Å². The van der Waals surface area contributed by atoms with Gasteiger partial charge in [-0.3, -0.25) is 4.90 Å². The van der Waals surface area contributed by atoms with Crippen LogP contribution in [0.2, 0.25) is 0 Å². The predicted molar refractivity (Wildman–Crippen MR) is 71.9 cm³/mol. The standard InChI is InChI=1S/C14H23F3N2O2/c1-13(2,3)21-12(20)19-7-10-4-5-11(19)8-18(6-10)9-14(15,16)17/h10-11H,4-9H2,1-3H3/t10?,11-/m1/s1. The largest absolute Gasteiger partial charge is 0.444 e. The van der Waals surface area contributed by atoms with Crippen LogP contribution in [-0.2, 0) is 4.74 Å². The molecule has 0 saturated carbocycles. The normalized spacial score (nSPS) is 27.6. The molecule has 21 heavy (non-hydrogen) atoms. The zero-order valence-corrected chi connectivity index (χ0v) is 12.7. The van der Waals surface area contributed by atoms with Gasteiger partial charge < -0.3 is 9.64 Å². The van der Waals surface area contributed by atoms with Gasteiger partial charge in [-0.05, 0) is 39.5 Å². The van der Waals surface area contributed by atoms with Crippen molar-refractivity contribution >= 4 is 6.09 Å². The van der Waals surface area contributed by atoms with Gasteiger partial charge in [0.2, 0.25) is 0 Å². The number of carbonyl (C=O) groups is 1. The maximum Gasteiger partial charge on any atom is 0.410 e. The molecule has 2 atom stereocenters. The molecule has 3 aliphatic heterocycles. The molecule has 0 N–H and O–H groups in total. The van der Waals surface area contributed by atoms with Crippen LogP contribution in [0.1, 0.15) is 33.6 Å². The molecular weight excluding hydrogens is 285 g/mol. The lowest BCUT2D eigenvalue weighted by molar-refractivity contribution is -0.146. The van der Waals surface area contributed by atoms with Crippen molar-refractivity contribution in [1.82, 2.24) is 9.80 Å². The Bertz CT molecular complexity index is 393. The molecule has 3 aliphatic rings. The van der Waals surface area contributed by atoms with Crippen molar-refractivity contribution in [3.05, 3.63) is 0 Å². The number of carbonyl (C=O) groups excluding carboxylic acids is 1. The Morgan fingerprint density at radius 2 is 1.81 bits per heavy atom. The Hall–Kier alpha value is -0.980. The lowest BCUT2D eigenvalue weighted by atomic mass is 9.95. The second-order valence-electron chi connectivity index (χ2n) is 7.04. The number of halogens is 3. The van der Waals surface area contributed by atoms with E-state index in [1.54, 1.807) is 25.7 Å². The zero-order chi connectivity index (χ0) is 15.8. The molecule has 3 heterocycles. The molecule has 122 valence electrons. The third-order valence-electron chi connectivity index (χ3n) is 3.82. The molecule has 3 saturated heterocycles. The summed E-state index contributed by atoms with van der Waals surface area (Å²) in [5, 5.41) is 0. The fourth-order valence-corrected chi connectivity index (χ4v) is 3.11. The molecule has 0 aliphatic carbocycles. The van der Waals surface area contributed by atoms with E-state index in [2.05, 4.69) is 0 Å². The van der Waals surface area contributed by atoms with Crippen LogP contribution in [-0.4, -0.2) is 59.9 Å². The second-order valence-corrected chi connectivity index (χ2v) is 7.04. The first-order chi connectivity index (χ1) is 9.53. The van der Waals surface area contributed by atoms with Crippen molar-refractivity contribution < 1.29 is 22.7 Å². The van der Waals surface area contributed by atoms with Crippen molar-refractivity contribution in [2.24, 2.45) is 5.92 Å². The first-order valence-electron chi connectivity index (χ1n) is 7.32. The maximum atomic E-state index is 12.6. The summed E-state index contributed by atoms with van der Waals surface area (Å²) in [6.45, 7) is 5.63. The highest BCUT2D eigenvalue weighted by Gasteiger charge is 2.41. The molecule has 1 amide bonds. The van der Waals surface area contributed by atoms with Crippen LogP contribution in [0.3, 0.4) is 0 Å². The van der Waals surface area contributed by atoms with Crippen LogP contribution in [0, 0.1) is 5.92 Å². The number of ether oxygens (including phenoxy) is 1. The van der Waals surface area contributed by atoms with E-state index >= 15 is 0 Å². The fraction of sp³-hybridized carbons (Fsp3) is 0.929. The van der Waals surface area contributed by atoms with E-state index in [1.165, 1.54) is 4.90 Å². The number of amides is 1. The molecule has 1 unspecified atom stereocenters. The van der Waals surface area contributed by atoms with Gasteiger partial charge in [-0.15, -0.1) is 0 Å². The zero-order valence-electron chi connectivity index (χ0n) is 12.7. The Kier molecular flexibility index (Phi) is 4.42.